The fraction of sp³-hybridized carbons (Fsp3) is 0.429. The van der Waals surface area contributed by atoms with Crippen LogP contribution in [0.5, 0.6) is 0 Å². The van der Waals surface area contributed by atoms with Crippen LogP contribution in [0.1, 0.15) is 18.7 Å². The molecule has 0 bridgehead atoms. The number of furan rings is 1. The minimum atomic E-state index is 0.284. The third kappa shape index (κ3) is 1.61. The average molecular weight is 204 g/mol. The van der Waals surface area contributed by atoms with E-state index in [1.54, 1.807) is 0 Å². The highest BCUT2D eigenvalue weighted by atomic mass is 79.9. The second-order valence-electron chi connectivity index (χ2n) is 2.15. The third-order valence-corrected chi connectivity index (χ3v) is 1.88. The van der Waals surface area contributed by atoms with Gasteiger partial charge in [0.15, 0.2) is 4.67 Å². The highest BCUT2D eigenvalue weighted by Crippen LogP contribution is 2.19. The predicted molar refractivity (Wildman–Crippen MR) is 43.9 cm³/mol. The van der Waals surface area contributed by atoms with Gasteiger partial charge in [0.1, 0.15) is 5.76 Å². The average Bonchev–Trinajstić information content (AvgIpc) is 2.34. The zero-order chi connectivity index (χ0) is 7.56. The van der Waals surface area contributed by atoms with Crippen molar-refractivity contribution >= 4 is 15.9 Å². The standard InChI is InChI=1S/C7H10BrNO/c1-5(9-2)6-3-4-7(8)10-6/h3-5,9H,1-2H3/t5-/m0/s1. The SMILES string of the molecule is CN[C@@H](C)c1ccc(Br)o1. The van der Waals surface area contributed by atoms with Crippen molar-refractivity contribution in [1.82, 2.24) is 5.32 Å². The van der Waals surface area contributed by atoms with Crippen molar-refractivity contribution in [1.29, 1.82) is 0 Å². The molecule has 2 nitrogen and oxygen atoms in total. The fourth-order valence-electron chi connectivity index (χ4n) is 0.703. The first-order valence-corrected chi connectivity index (χ1v) is 3.96. The molecule has 10 heavy (non-hydrogen) atoms. The Labute approximate surface area is 68.7 Å². The first kappa shape index (κ1) is 7.82. The van der Waals surface area contributed by atoms with Gasteiger partial charge in [0, 0.05) is 0 Å². The quantitative estimate of drug-likeness (QED) is 0.799. The van der Waals surface area contributed by atoms with Gasteiger partial charge in [0.05, 0.1) is 6.04 Å². The van der Waals surface area contributed by atoms with E-state index in [-0.39, 0.29) is 6.04 Å². The lowest BCUT2D eigenvalue weighted by molar-refractivity contribution is 0.434. The van der Waals surface area contributed by atoms with E-state index >= 15 is 0 Å². The van der Waals surface area contributed by atoms with Crippen LogP contribution in [0.15, 0.2) is 21.2 Å². The second kappa shape index (κ2) is 3.21. The van der Waals surface area contributed by atoms with Crippen molar-refractivity contribution in [2.24, 2.45) is 0 Å². The van der Waals surface area contributed by atoms with Crippen LogP contribution in [0.4, 0.5) is 0 Å². The highest BCUT2D eigenvalue weighted by molar-refractivity contribution is 9.10. The van der Waals surface area contributed by atoms with E-state index < -0.39 is 0 Å². The van der Waals surface area contributed by atoms with Gasteiger partial charge in [-0.1, -0.05) is 0 Å². The predicted octanol–water partition coefficient (Wildman–Crippen LogP) is 2.32. The molecule has 0 aliphatic heterocycles. The van der Waals surface area contributed by atoms with E-state index in [4.69, 9.17) is 4.42 Å². The Morgan fingerprint density at radius 3 is 2.70 bits per heavy atom. The van der Waals surface area contributed by atoms with E-state index in [9.17, 15) is 0 Å². The van der Waals surface area contributed by atoms with Crippen molar-refractivity contribution in [3.63, 3.8) is 0 Å². The van der Waals surface area contributed by atoms with Gasteiger partial charge in [0.25, 0.3) is 0 Å². The van der Waals surface area contributed by atoms with Crippen LogP contribution in [0.2, 0.25) is 0 Å². The van der Waals surface area contributed by atoms with Gasteiger partial charge in [-0.2, -0.15) is 0 Å². The summed E-state index contributed by atoms with van der Waals surface area (Å²) in [6.45, 7) is 2.05. The van der Waals surface area contributed by atoms with Gasteiger partial charge in [-0.25, -0.2) is 0 Å². The molecule has 0 aliphatic carbocycles. The maximum atomic E-state index is 5.29. The van der Waals surface area contributed by atoms with Gasteiger partial charge in [0.2, 0.25) is 0 Å². The van der Waals surface area contributed by atoms with Crippen molar-refractivity contribution in [3.05, 3.63) is 22.6 Å². The number of nitrogens with one attached hydrogen (secondary N) is 1. The van der Waals surface area contributed by atoms with E-state index in [0.717, 1.165) is 10.4 Å². The summed E-state index contributed by atoms with van der Waals surface area (Å²) in [5.41, 5.74) is 0. The summed E-state index contributed by atoms with van der Waals surface area (Å²) >= 11 is 3.24. The number of halogens is 1. The van der Waals surface area contributed by atoms with Gasteiger partial charge < -0.3 is 9.73 Å². The van der Waals surface area contributed by atoms with Crippen molar-refractivity contribution in [2.75, 3.05) is 7.05 Å². The van der Waals surface area contributed by atoms with Crippen LogP contribution in [-0.4, -0.2) is 7.05 Å². The van der Waals surface area contributed by atoms with Crippen molar-refractivity contribution in [2.45, 2.75) is 13.0 Å². The van der Waals surface area contributed by atoms with E-state index in [0.29, 0.717) is 0 Å². The Bertz CT molecular complexity index is 209. The number of rotatable bonds is 2. The molecule has 0 fully saturated rings. The van der Waals surface area contributed by atoms with E-state index in [2.05, 4.69) is 21.2 Å². The maximum absolute atomic E-state index is 5.29. The summed E-state index contributed by atoms with van der Waals surface area (Å²) in [7, 11) is 1.90. The van der Waals surface area contributed by atoms with Crippen LogP contribution < -0.4 is 5.32 Å². The lowest BCUT2D eigenvalue weighted by Crippen LogP contribution is -2.10. The summed E-state index contributed by atoms with van der Waals surface area (Å²) in [5.74, 6) is 0.953. The molecule has 0 unspecified atom stereocenters. The van der Waals surface area contributed by atoms with Gasteiger partial charge in [-0.15, -0.1) is 0 Å². The molecule has 1 heterocycles. The molecule has 1 N–H and O–H groups in total. The summed E-state index contributed by atoms with van der Waals surface area (Å²) < 4.78 is 6.07. The highest BCUT2D eigenvalue weighted by Gasteiger charge is 2.05. The molecular formula is C7H10BrNO. The molecular weight excluding hydrogens is 194 g/mol. The summed E-state index contributed by atoms with van der Waals surface area (Å²) in [5, 5.41) is 3.08. The molecule has 0 aliphatic rings. The molecule has 3 heteroatoms. The van der Waals surface area contributed by atoms with Crippen LogP contribution in [0.3, 0.4) is 0 Å². The molecule has 0 saturated carbocycles. The first-order valence-electron chi connectivity index (χ1n) is 3.16. The first-order chi connectivity index (χ1) is 4.74. The topological polar surface area (TPSA) is 25.2 Å². The fourth-order valence-corrected chi connectivity index (χ4v) is 1.02. The molecule has 0 saturated heterocycles. The molecule has 1 rings (SSSR count). The second-order valence-corrected chi connectivity index (χ2v) is 2.93. The van der Waals surface area contributed by atoms with Crippen LogP contribution in [0, 0.1) is 0 Å². The van der Waals surface area contributed by atoms with Crippen LogP contribution in [-0.2, 0) is 0 Å². The Morgan fingerprint density at radius 1 is 1.60 bits per heavy atom. The Morgan fingerprint density at radius 2 is 2.30 bits per heavy atom. The molecule has 56 valence electrons. The number of hydrogen-bond donors (Lipinski definition) is 1. The zero-order valence-corrected chi connectivity index (χ0v) is 7.60. The molecule has 1 atom stereocenters. The van der Waals surface area contributed by atoms with Gasteiger partial charge >= 0.3 is 0 Å². The number of hydrogen-bond acceptors (Lipinski definition) is 2. The maximum Gasteiger partial charge on any atom is 0.169 e. The van der Waals surface area contributed by atoms with Crippen LogP contribution >= 0.6 is 15.9 Å². The minimum absolute atomic E-state index is 0.284. The Hall–Kier alpha value is -0.280. The lowest BCUT2D eigenvalue weighted by atomic mass is 10.3. The van der Waals surface area contributed by atoms with Crippen LogP contribution in [0.25, 0.3) is 0 Å². The van der Waals surface area contributed by atoms with Crippen molar-refractivity contribution < 1.29 is 4.42 Å². The molecule has 0 radical (unpaired) electrons. The Balaban J connectivity index is 2.74. The summed E-state index contributed by atoms with van der Waals surface area (Å²) in [4.78, 5) is 0. The largest absolute Gasteiger partial charge is 0.453 e. The van der Waals surface area contributed by atoms with E-state index in [1.165, 1.54) is 0 Å². The minimum Gasteiger partial charge on any atom is -0.453 e. The summed E-state index contributed by atoms with van der Waals surface area (Å²) in [6.07, 6.45) is 0. The normalized spacial score (nSPS) is 13.5. The lowest BCUT2D eigenvalue weighted by Gasteiger charge is -2.04. The monoisotopic (exact) mass is 203 g/mol. The Kier molecular flexibility index (Phi) is 2.51. The van der Waals surface area contributed by atoms with Crippen molar-refractivity contribution in [3.8, 4) is 0 Å². The van der Waals surface area contributed by atoms with Gasteiger partial charge in [-0.3, -0.25) is 0 Å². The summed E-state index contributed by atoms with van der Waals surface area (Å²) in [6, 6.07) is 4.13. The molecule has 1 aromatic heterocycles. The van der Waals surface area contributed by atoms with E-state index in [1.807, 2.05) is 26.1 Å². The third-order valence-electron chi connectivity index (χ3n) is 1.45. The van der Waals surface area contributed by atoms with Gasteiger partial charge in [-0.05, 0) is 42.0 Å². The molecule has 1 aromatic rings. The molecule has 0 aromatic carbocycles. The molecule has 0 spiro atoms. The molecule has 0 amide bonds. The smallest absolute Gasteiger partial charge is 0.169 e. The zero-order valence-electron chi connectivity index (χ0n) is 6.02.